The minimum absolute atomic E-state index is 0.0605. The second-order valence-electron chi connectivity index (χ2n) is 3.32. The summed E-state index contributed by atoms with van der Waals surface area (Å²) < 4.78 is 5.15. The van der Waals surface area contributed by atoms with Gasteiger partial charge in [-0.2, -0.15) is 5.26 Å². The lowest BCUT2D eigenvalue weighted by Gasteiger charge is -2.08. The topological polar surface area (TPSA) is 113 Å². The van der Waals surface area contributed by atoms with E-state index in [0.29, 0.717) is 6.42 Å². The molecule has 0 aliphatic heterocycles. The molecule has 18 heavy (non-hydrogen) atoms. The predicted octanol–water partition coefficient (Wildman–Crippen LogP) is 1.98. The maximum Gasteiger partial charge on any atom is 0.346 e. The van der Waals surface area contributed by atoms with Crippen LogP contribution in [0.4, 0.5) is 5.69 Å². The predicted molar refractivity (Wildman–Crippen MR) is 60.4 cm³/mol. The van der Waals surface area contributed by atoms with E-state index in [4.69, 9.17) is 15.1 Å². The van der Waals surface area contributed by atoms with Gasteiger partial charge in [0.15, 0.2) is 5.56 Å². The summed E-state index contributed by atoms with van der Waals surface area (Å²) in [5, 5.41) is 28.0. The van der Waals surface area contributed by atoms with Gasteiger partial charge in [0.2, 0.25) is 0 Å². The summed E-state index contributed by atoms with van der Waals surface area (Å²) in [6.07, 6.45) is 0.704. The third-order valence-electron chi connectivity index (χ3n) is 2.11. The van der Waals surface area contributed by atoms with Crippen LogP contribution in [0, 0.1) is 21.4 Å². The fourth-order valence-corrected chi connectivity index (χ4v) is 1.34. The second-order valence-corrected chi connectivity index (χ2v) is 3.32. The number of rotatable bonds is 6. The van der Waals surface area contributed by atoms with Gasteiger partial charge >= 0.3 is 5.97 Å². The number of ether oxygens (including phenoxy) is 1. The maximum absolute atomic E-state index is 11.0. The highest BCUT2D eigenvalue weighted by molar-refractivity contribution is 5.95. The molecular weight excluding hydrogens is 240 g/mol. The third kappa shape index (κ3) is 3.18. The molecule has 0 atom stereocenters. The second kappa shape index (κ2) is 6.20. The zero-order valence-corrected chi connectivity index (χ0v) is 9.33. The molecule has 0 radical (unpaired) electrons. The van der Waals surface area contributed by atoms with Gasteiger partial charge in [-0.1, -0.05) is 6.07 Å². The molecule has 0 aliphatic carbocycles. The molecule has 0 aromatic heterocycles. The fraction of sp³-hybridized carbons (Fsp3) is 0.273. The van der Waals surface area contributed by atoms with Crippen LogP contribution in [0.3, 0.4) is 0 Å². The molecule has 0 unspecified atom stereocenters. The number of carboxylic acids is 1. The third-order valence-corrected chi connectivity index (χ3v) is 2.11. The number of hydrogen-bond acceptors (Lipinski definition) is 5. The highest BCUT2D eigenvalue weighted by Crippen LogP contribution is 2.28. The molecule has 7 nitrogen and oxygen atoms in total. The molecule has 7 heteroatoms. The van der Waals surface area contributed by atoms with Crippen molar-refractivity contribution in [1.82, 2.24) is 0 Å². The first-order valence-electron chi connectivity index (χ1n) is 5.08. The number of carbonyl (C=O) groups is 1. The highest BCUT2D eigenvalue weighted by Gasteiger charge is 2.24. The van der Waals surface area contributed by atoms with Crippen LogP contribution in [0.2, 0.25) is 0 Å². The Bertz CT molecular complexity index is 507. The fourth-order valence-electron chi connectivity index (χ4n) is 1.34. The van der Waals surface area contributed by atoms with E-state index in [1.54, 1.807) is 0 Å². The molecule has 0 saturated heterocycles. The first-order chi connectivity index (χ1) is 8.57. The van der Waals surface area contributed by atoms with Crippen LogP contribution in [0.1, 0.15) is 23.2 Å². The summed E-state index contributed by atoms with van der Waals surface area (Å²) in [5.41, 5.74) is -0.986. The van der Waals surface area contributed by atoms with Crippen molar-refractivity contribution < 1.29 is 19.6 Å². The zero-order chi connectivity index (χ0) is 13.5. The minimum Gasteiger partial charge on any atom is -0.492 e. The van der Waals surface area contributed by atoms with Crippen LogP contribution >= 0.6 is 0 Å². The van der Waals surface area contributed by atoms with Crippen molar-refractivity contribution in [1.29, 1.82) is 5.26 Å². The van der Waals surface area contributed by atoms with Crippen molar-refractivity contribution in [3.8, 4) is 11.8 Å². The van der Waals surface area contributed by atoms with E-state index in [2.05, 4.69) is 0 Å². The molecule has 0 spiro atoms. The van der Waals surface area contributed by atoms with Gasteiger partial charge in [-0.25, -0.2) is 4.79 Å². The van der Waals surface area contributed by atoms with E-state index < -0.39 is 22.1 Å². The Morgan fingerprint density at radius 3 is 2.83 bits per heavy atom. The number of unbranched alkanes of at least 4 members (excludes halogenated alkanes) is 1. The molecule has 1 aromatic carbocycles. The van der Waals surface area contributed by atoms with E-state index in [9.17, 15) is 14.9 Å². The van der Waals surface area contributed by atoms with Gasteiger partial charge in [0.25, 0.3) is 5.69 Å². The average Bonchev–Trinajstić information content (AvgIpc) is 2.33. The lowest BCUT2D eigenvalue weighted by molar-refractivity contribution is -0.385. The molecule has 1 aromatic rings. The Balaban J connectivity index is 2.97. The monoisotopic (exact) mass is 250 g/mol. The number of nitro benzene ring substituents is 1. The zero-order valence-electron chi connectivity index (χ0n) is 9.33. The van der Waals surface area contributed by atoms with Crippen LogP contribution in [-0.4, -0.2) is 22.6 Å². The molecule has 0 bridgehead atoms. The average molecular weight is 250 g/mol. The van der Waals surface area contributed by atoms with E-state index >= 15 is 0 Å². The van der Waals surface area contributed by atoms with Crippen LogP contribution in [0.5, 0.6) is 5.75 Å². The molecule has 1 rings (SSSR count). The van der Waals surface area contributed by atoms with Gasteiger partial charge in [-0.3, -0.25) is 10.1 Å². The Kier molecular flexibility index (Phi) is 4.63. The van der Waals surface area contributed by atoms with Gasteiger partial charge in [-0.05, 0) is 12.5 Å². The van der Waals surface area contributed by atoms with Crippen molar-refractivity contribution in [2.24, 2.45) is 0 Å². The Labute approximate surface area is 102 Å². The number of nitriles is 1. The number of benzene rings is 1. The summed E-state index contributed by atoms with van der Waals surface area (Å²) >= 11 is 0. The number of nitrogens with zero attached hydrogens (tertiary/aromatic N) is 2. The molecule has 0 fully saturated rings. The van der Waals surface area contributed by atoms with Crippen molar-refractivity contribution in [2.45, 2.75) is 12.8 Å². The van der Waals surface area contributed by atoms with Crippen LogP contribution in [0.15, 0.2) is 18.2 Å². The summed E-state index contributed by atoms with van der Waals surface area (Å²) in [5.74, 6) is -1.48. The van der Waals surface area contributed by atoms with E-state index in [-0.39, 0.29) is 18.8 Å². The highest BCUT2D eigenvalue weighted by atomic mass is 16.6. The van der Waals surface area contributed by atoms with Crippen LogP contribution < -0.4 is 4.74 Å². The van der Waals surface area contributed by atoms with Crippen LogP contribution in [0.25, 0.3) is 0 Å². The van der Waals surface area contributed by atoms with Gasteiger partial charge < -0.3 is 9.84 Å². The molecule has 1 N–H and O–H groups in total. The lowest BCUT2D eigenvalue weighted by atomic mass is 10.1. The van der Waals surface area contributed by atoms with Gasteiger partial charge in [0, 0.05) is 12.5 Å². The SMILES string of the molecule is N#CCCCOc1cccc([N+](=O)[O-])c1C(=O)O. The Morgan fingerprint density at radius 2 is 2.28 bits per heavy atom. The first-order valence-corrected chi connectivity index (χ1v) is 5.08. The molecule has 0 amide bonds. The number of carboxylic acid groups (broad SMARTS) is 1. The van der Waals surface area contributed by atoms with E-state index in [1.807, 2.05) is 6.07 Å². The first kappa shape index (κ1) is 13.4. The summed E-state index contributed by atoms with van der Waals surface area (Å²) in [7, 11) is 0. The van der Waals surface area contributed by atoms with Crippen LogP contribution in [-0.2, 0) is 0 Å². The Morgan fingerprint density at radius 1 is 1.56 bits per heavy atom. The summed E-state index contributed by atoms with van der Waals surface area (Å²) in [6, 6.07) is 5.72. The molecule has 0 heterocycles. The Hall–Kier alpha value is -2.62. The summed E-state index contributed by atoms with van der Waals surface area (Å²) in [4.78, 5) is 20.9. The summed E-state index contributed by atoms with van der Waals surface area (Å²) in [6.45, 7) is 0.134. The van der Waals surface area contributed by atoms with Crippen molar-refractivity contribution >= 4 is 11.7 Å². The maximum atomic E-state index is 11.0. The number of nitro groups is 1. The van der Waals surface area contributed by atoms with Gasteiger partial charge in [0.1, 0.15) is 5.75 Å². The normalized spacial score (nSPS) is 9.50. The molecule has 0 aliphatic rings. The van der Waals surface area contributed by atoms with E-state index in [0.717, 1.165) is 6.07 Å². The standard InChI is InChI=1S/C11H10N2O5/c12-6-1-2-7-18-9-5-3-4-8(13(16)17)10(9)11(14)15/h3-5H,1-2,7H2,(H,14,15). The number of hydrogen-bond donors (Lipinski definition) is 1. The minimum atomic E-state index is -1.42. The van der Waals surface area contributed by atoms with Crippen molar-refractivity contribution in [3.05, 3.63) is 33.9 Å². The quantitative estimate of drug-likeness (QED) is 0.469. The van der Waals surface area contributed by atoms with Gasteiger partial charge in [-0.15, -0.1) is 0 Å². The molecular formula is C11H10N2O5. The molecule has 94 valence electrons. The van der Waals surface area contributed by atoms with Crippen molar-refractivity contribution in [2.75, 3.05) is 6.61 Å². The van der Waals surface area contributed by atoms with Gasteiger partial charge in [0.05, 0.1) is 17.6 Å². The number of aromatic carboxylic acids is 1. The largest absolute Gasteiger partial charge is 0.492 e. The smallest absolute Gasteiger partial charge is 0.346 e. The van der Waals surface area contributed by atoms with Crippen molar-refractivity contribution in [3.63, 3.8) is 0 Å². The molecule has 0 saturated carbocycles. The van der Waals surface area contributed by atoms with E-state index in [1.165, 1.54) is 12.1 Å². The lowest BCUT2D eigenvalue weighted by Crippen LogP contribution is -2.07.